The molecule has 0 radical (unpaired) electrons. The van der Waals surface area contributed by atoms with Gasteiger partial charge in [-0.25, -0.2) is 4.98 Å². The zero-order chi connectivity index (χ0) is 19.2. The number of nitrogens with one attached hydrogen (secondary N) is 1. The maximum Gasteiger partial charge on any atom is 0.234 e. The minimum atomic E-state index is -0.0113. The third-order valence-electron chi connectivity index (χ3n) is 4.17. The van der Waals surface area contributed by atoms with Crippen LogP contribution in [0.1, 0.15) is 16.1 Å². The molecule has 6 heteroatoms. The van der Waals surface area contributed by atoms with E-state index >= 15 is 0 Å². The number of likely N-dealkylation sites (N-methyl/N-ethyl adjacent to an activating group) is 1. The normalized spacial score (nSPS) is 11.1. The maximum absolute atomic E-state index is 12.1. The van der Waals surface area contributed by atoms with Gasteiger partial charge in [0.2, 0.25) is 5.91 Å². The van der Waals surface area contributed by atoms with Crippen LogP contribution in [0.15, 0.2) is 42.5 Å². The molecule has 1 heterocycles. The number of amides is 1. The third kappa shape index (κ3) is 5.52. The Balaban J connectivity index is 1.39. The molecule has 0 saturated carbocycles. The average Bonchev–Trinajstić information content (AvgIpc) is 3.02. The van der Waals surface area contributed by atoms with Crippen molar-refractivity contribution in [2.45, 2.75) is 20.4 Å². The molecule has 1 N–H and O–H groups in total. The second-order valence-electron chi connectivity index (χ2n) is 6.71. The van der Waals surface area contributed by atoms with Crippen molar-refractivity contribution in [1.29, 1.82) is 0 Å². The summed E-state index contributed by atoms with van der Waals surface area (Å²) < 4.78 is 6.91. The summed E-state index contributed by atoms with van der Waals surface area (Å²) in [4.78, 5) is 18.7. The van der Waals surface area contributed by atoms with Crippen LogP contribution >= 0.6 is 11.3 Å². The Labute approximate surface area is 164 Å². The second-order valence-corrected chi connectivity index (χ2v) is 7.83. The number of carbonyl (C=O) groups excluding carboxylic acids is 1. The van der Waals surface area contributed by atoms with Crippen LogP contribution in [0.5, 0.6) is 5.75 Å². The molecule has 3 rings (SSSR count). The molecule has 0 aliphatic carbocycles. The Bertz CT molecular complexity index is 890. The number of aromatic nitrogens is 1. The van der Waals surface area contributed by atoms with Gasteiger partial charge in [-0.3, -0.25) is 9.69 Å². The first-order chi connectivity index (χ1) is 13.0. The van der Waals surface area contributed by atoms with Crippen LogP contribution in [0.4, 0.5) is 0 Å². The number of para-hydroxylation sites is 1. The predicted molar refractivity (Wildman–Crippen MR) is 110 cm³/mol. The highest BCUT2D eigenvalue weighted by Gasteiger charge is 2.10. The number of hydrogen-bond donors (Lipinski definition) is 1. The van der Waals surface area contributed by atoms with Gasteiger partial charge in [0.1, 0.15) is 17.4 Å². The first-order valence-electron chi connectivity index (χ1n) is 9.01. The number of benzene rings is 2. The zero-order valence-electron chi connectivity index (χ0n) is 16.0. The average molecular weight is 384 g/mol. The molecule has 142 valence electrons. The zero-order valence-corrected chi connectivity index (χ0v) is 16.8. The monoisotopic (exact) mass is 383 g/mol. The summed E-state index contributed by atoms with van der Waals surface area (Å²) in [5.74, 6) is 0.852. The highest BCUT2D eigenvalue weighted by molar-refractivity contribution is 7.18. The molecule has 2 aromatic carbocycles. The Morgan fingerprint density at radius 1 is 1.22 bits per heavy atom. The fourth-order valence-electron chi connectivity index (χ4n) is 2.89. The summed E-state index contributed by atoms with van der Waals surface area (Å²) in [5, 5.41) is 3.92. The van der Waals surface area contributed by atoms with Crippen LogP contribution in [0, 0.1) is 13.8 Å². The summed E-state index contributed by atoms with van der Waals surface area (Å²) in [6.07, 6.45) is 0. The molecule has 27 heavy (non-hydrogen) atoms. The van der Waals surface area contributed by atoms with Crippen molar-refractivity contribution in [3.8, 4) is 5.75 Å². The lowest BCUT2D eigenvalue weighted by atomic mass is 10.1. The standard InChI is InChI=1S/C21H25N3O2S/c1-15-8-9-18(16(2)12-15)26-11-10-22-20(25)13-24(3)14-21-23-17-6-4-5-7-19(17)27-21/h4-9,12H,10-11,13-14H2,1-3H3,(H,22,25). The van der Waals surface area contributed by atoms with Gasteiger partial charge in [-0.05, 0) is 44.7 Å². The van der Waals surface area contributed by atoms with Gasteiger partial charge in [0, 0.05) is 0 Å². The SMILES string of the molecule is Cc1ccc(OCCNC(=O)CN(C)Cc2nc3ccccc3s2)c(C)c1. The number of hydrogen-bond acceptors (Lipinski definition) is 5. The van der Waals surface area contributed by atoms with Gasteiger partial charge in [0.25, 0.3) is 0 Å². The number of fused-ring (bicyclic) bond motifs is 1. The summed E-state index contributed by atoms with van der Waals surface area (Å²) in [6, 6.07) is 14.2. The van der Waals surface area contributed by atoms with E-state index < -0.39 is 0 Å². The van der Waals surface area contributed by atoms with Gasteiger partial charge >= 0.3 is 0 Å². The van der Waals surface area contributed by atoms with Crippen molar-refractivity contribution in [1.82, 2.24) is 15.2 Å². The van der Waals surface area contributed by atoms with Crippen molar-refractivity contribution in [2.24, 2.45) is 0 Å². The van der Waals surface area contributed by atoms with Gasteiger partial charge in [-0.1, -0.05) is 29.8 Å². The molecule has 1 amide bonds. The molecule has 0 saturated heterocycles. The Hall–Kier alpha value is -2.44. The number of aryl methyl sites for hydroxylation is 2. The lowest BCUT2D eigenvalue weighted by Crippen LogP contribution is -2.36. The highest BCUT2D eigenvalue weighted by atomic mass is 32.1. The molecule has 1 aromatic heterocycles. The van der Waals surface area contributed by atoms with Gasteiger partial charge in [0.05, 0.1) is 29.9 Å². The van der Waals surface area contributed by atoms with Gasteiger partial charge < -0.3 is 10.1 Å². The predicted octanol–water partition coefficient (Wildman–Crippen LogP) is 3.54. The van der Waals surface area contributed by atoms with E-state index in [-0.39, 0.29) is 5.91 Å². The van der Waals surface area contributed by atoms with E-state index in [0.717, 1.165) is 21.8 Å². The second kappa shape index (κ2) is 8.97. The molecular weight excluding hydrogens is 358 g/mol. The maximum atomic E-state index is 12.1. The Morgan fingerprint density at radius 2 is 2.04 bits per heavy atom. The van der Waals surface area contributed by atoms with E-state index in [4.69, 9.17) is 4.74 Å². The minimum Gasteiger partial charge on any atom is -0.491 e. The molecular formula is C21H25N3O2S. The molecule has 5 nitrogen and oxygen atoms in total. The lowest BCUT2D eigenvalue weighted by Gasteiger charge is -2.15. The smallest absolute Gasteiger partial charge is 0.234 e. The van der Waals surface area contributed by atoms with Crippen LogP contribution in [0.25, 0.3) is 10.2 Å². The topological polar surface area (TPSA) is 54.5 Å². The molecule has 0 aliphatic heterocycles. The summed E-state index contributed by atoms with van der Waals surface area (Å²) >= 11 is 1.67. The lowest BCUT2D eigenvalue weighted by molar-refractivity contribution is -0.122. The van der Waals surface area contributed by atoms with Crippen molar-refractivity contribution >= 4 is 27.5 Å². The van der Waals surface area contributed by atoms with Gasteiger partial charge in [-0.2, -0.15) is 0 Å². The van der Waals surface area contributed by atoms with Crippen molar-refractivity contribution in [3.63, 3.8) is 0 Å². The van der Waals surface area contributed by atoms with E-state index in [1.165, 1.54) is 10.3 Å². The van der Waals surface area contributed by atoms with Crippen LogP contribution in [-0.4, -0.2) is 42.5 Å². The molecule has 3 aromatic rings. The van der Waals surface area contributed by atoms with Crippen LogP contribution in [0.3, 0.4) is 0 Å². The first kappa shape index (κ1) is 19.3. The number of rotatable bonds is 8. The summed E-state index contributed by atoms with van der Waals surface area (Å²) in [5.41, 5.74) is 3.33. The molecule has 0 fully saturated rings. The van der Waals surface area contributed by atoms with Crippen LogP contribution < -0.4 is 10.1 Å². The van der Waals surface area contributed by atoms with Crippen molar-refractivity contribution in [2.75, 3.05) is 26.7 Å². The molecule has 0 spiro atoms. The van der Waals surface area contributed by atoms with Gasteiger partial charge in [-0.15, -0.1) is 11.3 Å². The van der Waals surface area contributed by atoms with E-state index in [2.05, 4.69) is 29.4 Å². The molecule has 0 bridgehead atoms. The molecule has 0 atom stereocenters. The molecule has 0 aliphatic rings. The largest absolute Gasteiger partial charge is 0.491 e. The van der Waals surface area contributed by atoms with E-state index in [1.54, 1.807) is 11.3 Å². The number of carbonyl (C=O) groups is 1. The fourth-order valence-corrected chi connectivity index (χ4v) is 3.94. The number of nitrogens with zero attached hydrogens (tertiary/aromatic N) is 2. The van der Waals surface area contributed by atoms with Gasteiger partial charge in [0.15, 0.2) is 0 Å². The van der Waals surface area contributed by atoms with Crippen LogP contribution in [-0.2, 0) is 11.3 Å². The van der Waals surface area contributed by atoms with E-state index in [9.17, 15) is 4.79 Å². The summed E-state index contributed by atoms with van der Waals surface area (Å²) in [7, 11) is 1.93. The van der Waals surface area contributed by atoms with Crippen LogP contribution in [0.2, 0.25) is 0 Å². The Morgan fingerprint density at radius 3 is 2.81 bits per heavy atom. The number of thiazole rings is 1. The number of ether oxygens (including phenoxy) is 1. The highest BCUT2D eigenvalue weighted by Crippen LogP contribution is 2.22. The van der Waals surface area contributed by atoms with Crippen molar-refractivity contribution < 1.29 is 9.53 Å². The third-order valence-corrected chi connectivity index (χ3v) is 5.19. The van der Waals surface area contributed by atoms with Crippen molar-refractivity contribution in [3.05, 3.63) is 58.6 Å². The van der Waals surface area contributed by atoms with E-state index in [1.807, 2.05) is 49.2 Å². The minimum absolute atomic E-state index is 0.0113. The Kier molecular flexibility index (Phi) is 6.42. The first-order valence-corrected chi connectivity index (χ1v) is 9.82. The molecule has 0 unspecified atom stereocenters. The quantitative estimate of drug-likeness (QED) is 0.605. The fraction of sp³-hybridized carbons (Fsp3) is 0.333. The summed E-state index contributed by atoms with van der Waals surface area (Å²) in [6.45, 7) is 6.02. The van der Waals surface area contributed by atoms with E-state index in [0.29, 0.717) is 26.2 Å².